The van der Waals surface area contributed by atoms with E-state index in [0.29, 0.717) is 13.0 Å². The molecule has 0 unspecified atom stereocenters. The second-order valence-electron chi connectivity index (χ2n) is 7.55. The Labute approximate surface area is 153 Å². The fraction of sp³-hybridized carbons (Fsp3) is 0.500. The highest BCUT2D eigenvalue weighted by molar-refractivity contribution is 5.84. The van der Waals surface area contributed by atoms with Crippen molar-refractivity contribution in [3.05, 3.63) is 53.9 Å². The molecule has 4 rings (SSSR count). The molecule has 1 aromatic carbocycles. The standard InChI is InChI=1S/C20H26N4O2/c25-18-6-11-23(15-20(18)7-2-8-21-19(20)26)13-16-4-1-5-17(12-16)14-24-10-3-9-22-24/h1,3-5,9-10,12,18,25H,2,6-8,11,13-15H2,(H,21,26)/t18-,20+/m0/s1. The SMILES string of the molecule is O=C1NCCC[C@]12CN(Cc1cccc(Cn3cccn3)c1)CC[C@@H]2O. The van der Waals surface area contributed by atoms with Gasteiger partial charge in [0.2, 0.25) is 5.91 Å². The average molecular weight is 354 g/mol. The number of amides is 1. The van der Waals surface area contributed by atoms with Gasteiger partial charge in [0, 0.05) is 38.6 Å². The molecule has 138 valence electrons. The Bertz CT molecular complexity index is 761. The molecule has 2 N–H and O–H groups in total. The molecule has 26 heavy (non-hydrogen) atoms. The molecule has 2 saturated heterocycles. The number of aromatic nitrogens is 2. The van der Waals surface area contributed by atoms with Gasteiger partial charge in [0.15, 0.2) is 0 Å². The summed E-state index contributed by atoms with van der Waals surface area (Å²) in [7, 11) is 0. The molecule has 2 aliphatic heterocycles. The molecule has 6 nitrogen and oxygen atoms in total. The number of aliphatic hydroxyl groups excluding tert-OH is 1. The van der Waals surface area contributed by atoms with E-state index in [9.17, 15) is 9.90 Å². The van der Waals surface area contributed by atoms with E-state index in [0.717, 1.165) is 39.0 Å². The fourth-order valence-electron chi connectivity index (χ4n) is 4.33. The van der Waals surface area contributed by atoms with Gasteiger partial charge in [0.25, 0.3) is 0 Å². The van der Waals surface area contributed by atoms with Gasteiger partial charge in [-0.05, 0) is 36.5 Å². The zero-order valence-electron chi connectivity index (χ0n) is 15.0. The summed E-state index contributed by atoms with van der Waals surface area (Å²) in [5, 5.41) is 17.7. The number of aliphatic hydroxyl groups is 1. The van der Waals surface area contributed by atoms with Crippen LogP contribution < -0.4 is 5.32 Å². The first-order valence-electron chi connectivity index (χ1n) is 9.40. The van der Waals surface area contributed by atoms with Crippen molar-refractivity contribution in [3.63, 3.8) is 0 Å². The predicted molar refractivity (Wildman–Crippen MR) is 98.3 cm³/mol. The molecule has 0 aliphatic carbocycles. The lowest BCUT2D eigenvalue weighted by Crippen LogP contribution is -2.61. The number of piperidine rings is 2. The largest absolute Gasteiger partial charge is 0.392 e. The van der Waals surface area contributed by atoms with E-state index in [-0.39, 0.29) is 5.91 Å². The van der Waals surface area contributed by atoms with Gasteiger partial charge in [0.1, 0.15) is 0 Å². The number of likely N-dealkylation sites (tertiary alicyclic amines) is 1. The van der Waals surface area contributed by atoms with Crippen LogP contribution in [0.2, 0.25) is 0 Å². The third-order valence-corrected chi connectivity index (χ3v) is 5.70. The Morgan fingerprint density at radius 1 is 1.27 bits per heavy atom. The highest BCUT2D eigenvalue weighted by Crippen LogP contribution is 2.37. The van der Waals surface area contributed by atoms with Gasteiger partial charge >= 0.3 is 0 Å². The lowest BCUT2D eigenvalue weighted by atomic mass is 9.71. The van der Waals surface area contributed by atoms with Gasteiger partial charge < -0.3 is 10.4 Å². The van der Waals surface area contributed by atoms with Crippen molar-refractivity contribution in [1.29, 1.82) is 0 Å². The molecular weight excluding hydrogens is 328 g/mol. The van der Waals surface area contributed by atoms with Crippen molar-refractivity contribution in [1.82, 2.24) is 20.0 Å². The molecule has 1 amide bonds. The summed E-state index contributed by atoms with van der Waals surface area (Å²) in [4.78, 5) is 14.8. The van der Waals surface area contributed by atoms with Crippen LogP contribution in [0.1, 0.15) is 30.4 Å². The highest BCUT2D eigenvalue weighted by Gasteiger charge is 2.49. The number of carbonyl (C=O) groups is 1. The van der Waals surface area contributed by atoms with E-state index in [1.165, 1.54) is 11.1 Å². The highest BCUT2D eigenvalue weighted by atomic mass is 16.3. The van der Waals surface area contributed by atoms with Crippen LogP contribution in [0.3, 0.4) is 0 Å². The smallest absolute Gasteiger partial charge is 0.230 e. The first kappa shape index (κ1) is 17.2. The second-order valence-corrected chi connectivity index (χ2v) is 7.55. The Morgan fingerprint density at radius 2 is 2.12 bits per heavy atom. The molecule has 2 aromatic rings. The second kappa shape index (κ2) is 7.21. The fourth-order valence-corrected chi connectivity index (χ4v) is 4.33. The quantitative estimate of drug-likeness (QED) is 0.871. The summed E-state index contributed by atoms with van der Waals surface area (Å²) in [5.74, 6) is 0.0217. The Kier molecular flexibility index (Phi) is 4.78. The van der Waals surface area contributed by atoms with E-state index >= 15 is 0 Å². The summed E-state index contributed by atoms with van der Waals surface area (Å²) in [6.45, 7) is 3.73. The maximum absolute atomic E-state index is 12.5. The van der Waals surface area contributed by atoms with Crippen molar-refractivity contribution in [2.24, 2.45) is 5.41 Å². The predicted octanol–water partition coefficient (Wildman–Crippen LogP) is 1.39. The number of rotatable bonds is 4. The van der Waals surface area contributed by atoms with Crippen molar-refractivity contribution in [2.45, 2.75) is 38.5 Å². The molecule has 0 radical (unpaired) electrons. The van der Waals surface area contributed by atoms with Gasteiger partial charge in [-0.3, -0.25) is 14.4 Å². The molecule has 6 heteroatoms. The Morgan fingerprint density at radius 3 is 2.88 bits per heavy atom. The maximum Gasteiger partial charge on any atom is 0.230 e. The third-order valence-electron chi connectivity index (χ3n) is 5.70. The van der Waals surface area contributed by atoms with Crippen molar-refractivity contribution < 1.29 is 9.90 Å². The molecule has 2 atom stereocenters. The minimum Gasteiger partial charge on any atom is -0.392 e. The van der Waals surface area contributed by atoms with Gasteiger partial charge in [-0.15, -0.1) is 0 Å². The lowest BCUT2D eigenvalue weighted by molar-refractivity contribution is -0.149. The van der Waals surface area contributed by atoms with Crippen LogP contribution in [-0.2, 0) is 17.9 Å². The zero-order chi connectivity index (χ0) is 18.0. The minimum absolute atomic E-state index is 0.0217. The summed E-state index contributed by atoms with van der Waals surface area (Å²) >= 11 is 0. The van der Waals surface area contributed by atoms with E-state index in [2.05, 4.69) is 39.6 Å². The third kappa shape index (κ3) is 3.39. The normalized spacial score (nSPS) is 26.8. The van der Waals surface area contributed by atoms with E-state index in [1.54, 1.807) is 6.20 Å². The first-order chi connectivity index (χ1) is 12.7. The molecule has 2 aliphatic rings. The Balaban J connectivity index is 1.46. The number of hydrogen-bond donors (Lipinski definition) is 2. The zero-order valence-corrected chi connectivity index (χ0v) is 15.0. The maximum atomic E-state index is 12.5. The minimum atomic E-state index is -0.636. The van der Waals surface area contributed by atoms with Crippen molar-refractivity contribution in [2.75, 3.05) is 19.6 Å². The lowest BCUT2D eigenvalue weighted by Gasteiger charge is -2.47. The number of nitrogens with zero attached hydrogens (tertiary/aromatic N) is 3. The van der Waals surface area contributed by atoms with Crippen LogP contribution >= 0.6 is 0 Å². The molecule has 0 saturated carbocycles. The average Bonchev–Trinajstić information content (AvgIpc) is 3.14. The van der Waals surface area contributed by atoms with Gasteiger partial charge in [-0.1, -0.05) is 24.3 Å². The van der Waals surface area contributed by atoms with Crippen LogP contribution in [0.5, 0.6) is 0 Å². The van der Waals surface area contributed by atoms with Crippen LogP contribution in [0, 0.1) is 5.41 Å². The molecular formula is C20H26N4O2. The van der Waals surface area contributed by atoms with Gasteiger partial charge in [0.05, 0.1) is 18.1 Å². The topological polar surface area (TPSA) is 70.4 Å². The van der Waals surface area contributed by atoms with Crippen LogP contribution in [-0.4, -0.2) is 51.4 Å². The number of hydrogen-bond acceptors (Lipinski definition) is 4. The van der Waals surface area contributed by atoms with E-state index in [4.69, 9.17) is 0 Å². The summed E-state index contributed by atoms with van der Waals surface area (Å²) in [5.41, 5.74) is 1.81. The molecule has 1 spiro atoms. The molecule has 0 bridgehead atoms. The number of nitrogens with one attached hydrogen (secondary N) is 1. The van der Waals surface area contributed by atoms with Gasteiger partial charge in [-0.2, -0.15) is 5.10 Å². The summed E-state index contributed by atoms with van der Waals surface area (Å²) < 4.78 is 1.91. The number of benzene rings is 1. The van der Waals surface area contributed by atoms with E-state index in [1.807, 2.05) is 16.9 Å². The monoisotopic (exact) mass is 354 g/mol. The number of carbonyl (C=O) groups excluding carboxylic acids is 1. The van der Waals surface area contributed by atoms with E-state index < -0.39 is 11.5 Å². The molecule has 3 heterocycles. The molecule has 1 aromatic heterocycles. The molecule has 2 fully saturated rings. The van der Waals surface area contributed by atoms with Gasteiger partial charge in [-0.25, -0.2) is 0 Å². The summed E-state index contributed by atoms with van der Waals surface area (Å²) in [6, 6.07) is 10.5. The van der Waals surface area contributed by atoms with Crippen molar-refractivity contribution >= 4 is 5.91 Å². The first-order valence-corrected chi connectivity index (χ1v) is 9.40. The van der Waals surface area contributed by atoms with Crippen LogP contribution in [0.15, 0.2) is 42.7 Å². The van der Waals surface area contributed by atoms with Crippen molar-refractivity contribution in [3.8, 4) is 0 Å². The Hall–Kier alpha value is -2.18. The van der Waals surface area contributed by atoms with Crippen LogP contribution in [0.4, 0.5) is 0 Å². The summed E-state index contributed by atoms with van der Waals surface area (Å²) in [6.07, 6.45) is 5.58. The van der Waals surface area contributed by atoms with Crippen LogP contribution in [0.25, 0.3) is 0 Å².